The van der Waals surface area contributed by atoms with Crippen molar-refractivity contribution in [3.8, 4) is 0 Å². The Bertz CT molecular complexity index is 737. The third-order valence-electron chi connectivity index (χ3n) is 7.47. The van der Waals surface area contributed by atoms with E-state index >= 15 is 0 Å². The lowest BCUT2D eigenvalue weighted by atomic mass is 9.79. The van der Waals surface area contributed by atoms with Gasteiger partial charge in [-0.3, -0.25) is 4.79 Å². The molecule has 4 aliphatic rings. The Morgan fingerprint density at radius 2 is 1.87 bits per heavy atom. The molecule has 3 saturated heterocycles. The number of amides is 1. The maximum atomic E-state index is 12.5. The molecule has 0 radical (unpaired) electrons. The molecule has 8 nitrogen and oxygen atoms in total. The van der Waals surface area contributed by atoms with Gasteiger partial charge in [0.05, 0.1) is 24.7 Å². The van der Waals surface area contributed by atoms with Crippen molar-refractivity contribution in [1.82, 2.24) is 14.7 Å². The Balaban J connectivity index is 1.34. The molecule has 0 aromatic rings. The summed E-state index contributed by atoms with van der Waals surface area (Å²) < 4.78 is 0. The molecular formula is C22H35N3O5S. The van der Waals surface area contributed by atoms with Gasteiger partial charge in [-0.05, 0) is 51.7 Å². The van der Waals surface area contributed by atoms with E-state index in [0.29, 0.717) is 11.2 Å². The lowest BCUT2D eigenvalue weighted by Gasteiger charge is -2.46. The van der Waals surface area contributed by atoms with Crippen molar-refractivity contribution in [2.45, 2.75) is 50.5 Å². The van der Waals surface area contributed by atoms with Gasteiger partial charge in [-0.1, -0.05) is 6.92 Å². The number of thioether (sulfide) groups is 1. The molecule has 174 valence electrons. The number of aliphatic hydroxyl groups excluding tert-OH is 2. The van der Waals surface area contributed by atoms with Crippen LogP contribution in [0.3, 0.4) is 0 Å². The highest BCUT2D eigenvalue weighted by Crippen LogP contribution is 2.51. The summed E-state index contributed by atoms with van der Waals surface area (Å²) in [4.78, 5) is 31.5. The molecule has 1 amide bonds. The van der Waals surface area contributed by atoms with Crippen LogP contribution in [-0.2, 0) is 9.59 Å². The minimum atomic E-state index is -1.04. The fourth-order valence-corrected chi connectivity index (χ4v) is 7.34. The Kier molecular flexibility index (Phi) is 6.98. The molecule has 0 aromatic carbocycles. The number of carbonyl (C=O) groups excluding carboxylic acids is 1. The van der Waals surface area contributed by atoms with Crippen molar-refractivity contribution in [2.24, 2.45) is 17.8 Å². The first-order valence-corrected chi connectivity index (χ1v) is 12.4. The van der Waals surface area contributed by atoms with Crippen LogP contribution in [0.5, 0.6) is 0 Å². The molecule has 31 heavy (non-hydrogen) atoms. The summed E-state index contributed by atoms with van der Waals surface area (Å²) in [5.74, 6) is -1.18. The van der Waals surface area contributed by atoms with E-state index in [4.69, 9.17) is 5.11 Å². The number of β-lactam (4-membered cyclic amide) rings is 1. The highest BCUT2D eigenvalue weighted by atomic mass is 32.2. The second-order valence-electron chi connectivity index (χ2n) is 9.57. The minimum absolute atomic E-state index is 0.0571. The average molecular weight is 454 g/mol. The van der Waals surface area contributed by atoms with E-state index in [-0.39, 0.29) is 30.2 Å². The summed E-state index contributed by atoms with van der Waals surface area (Å²) in [6, 6.07) is -0.234. The van der Waals surface area contributed by atoms with Crippen LogP contribution >= 0.6 is 11.8 Å². The lowest BCUT2D eigenvalue weighted by Crippen LogP contribution is -2.63. The van der Waals surface area contributed by atoms with Crippen LogP contribution in [0.1, 0.15) is 33.1 Å². The number of carbonyl (C=O) groups is 2. The van der Waals surface area contributed by atoms with Crippen LogP contribution in [0.4, 0.5) is 0 Å². The highest BCUT2D eigenvalue weighted by Gasteiger charge is 2.60. The van der Waals surface area contributed by atoms with Crippen molar-refractivity contribution in [3.63, 3.8) is 0 Å². The fraction of sp³-hybridized carbons (Fsp3) is 0.818. The Morgan fingerprint density at radius 3 is 2.48 bits per heavy atom. The van der Waals surface area contributed by atoms with Crippen LogP contribution < -0.4 is 0 Å². The summed E-state index contributed by atoms with van der Waals surface area (Å²) in [6.07, 6.45) is 2.59. The van der Waals surface area contributed by atoms with Gasteiger partial charge in [0.1, 0.15) is 5.70 Å². The molecule has 0 unspecified atom stereocenters. The summed E-state index contributed by atoms with van der Waals surface area (Å²) >= 11 is 1.64. The van der Waals surface area contributed by atoms with E-state index in [1.807, 2.05) is 6.92 Å². The maximum Gasteiger partial charge on any atom is 0.353 e. The molecule has 4 aliphatic heterocycles. The first-order chi connectivity index (χ1) is 14.8. The second-order valence-corrected chi connectivity index (χ2v) is 10.9. The standard InChI is InChI=1S/C22H35N3O5S/c1-13-18-17(14(2)27)21(28)25(18)19(22(29)30)20(13)31-16-5-8-24(12-16)11-15-3-6-23(7-4-15)9-10-26/h13-18,26-27H,3-12H2,1-2H3,(H,29,30)/t13-,14-,16-,17-,18-/m1/s1. The van der Waals surface area contributed by atoms with Gasteiger partial charge < -0.3 is 30.0 Å². The van der Waals surface area contributed by atoms with Gasteiger partial charge in [-0.15, -0.1) is 11.8 Å². The van der Waals surface area contributed by atoms with E-state index in [2.05, 4.69) is 9.80 Å². The summed E-state index contributed by atoms with van der Waals surface area (Å²) in [5.41, 5.74) is 0.138. The van der Waals surface area contributed by atoms with Gasteiger partial charge >= 0.3 is 5.97 Å². The Hall–Kier alpha value is -1.13. The van der Waals surface area contributed by atoms with E-state index < -0.39 is 18.0 Å². The van der Waals surface area contributed by atoms with Crippen LogP contribution in [0.15, 0.2) is 10.6 Å². The summed E-state index contributed by atoms with van der Waals surface area (Å²) in [7, 11) is 0. The van der Waals surface area contributed by atoms with Crippen molar-refractivity contribution in [1.29, 1.82) is 0 Å². The normalized spacial score (nSPS) is 33.7. The predicted molar refractivity (Wildman–Crippen MR) is 118 cm³/mol. The third kappa shape index (κ3) is 4.39. The molecule has 4 rings (SSSR count). The van der Waals surface area contributed by atoms with Crippen molar-refractivity contribution >= 4 is 23.6 Å². The quantitative estimate of drug-likeness (QED) is 0.460. The largest absolute Gasteiger partial charge is 0.477 e. The second kappa shape index (κ2) is 9.39. The van der Waals surface area contributed by atoms with E-state index in [1.165, 1.54) is 17.7 Å². The molecule has 4 heterocycles. The van der Waals surface area contributed by atoms with Crippen molar-refractivity contribution in [3.05, 3.63) is 10.6 Å². The Morgan fingerprint density at radius 1 is 1.19 bits per heavy atom. The number of hydrogen-bond donors (Lipinski definition) is 3. The van der Waals surface area contributed by atoms with Gasteiger partial charge in [0.2, 0.25) is 5.91 Å². The SMILES string of the molecule is C[C@@H](O)[C@H]1C(=O)N2C(C(=O)O)=C(S[C@@H]3CCN(CC4CCN(CCO)CC4)C3)[C@H](C)[C@H]12. The molecule has 3 fully saturated rings. The van der Waals surface area contributed by atoms with Gasteiger partial charge in [-0.25, -0.2) is 4.79 Å². The predicted octanol–water partition coefficient (Wildman–Crippen LogP) is 0.652. The molecule has 9 heteroatoms. The van der Waals surface area contributed by atoms with Crippen LogP contribution in [0.2, 0.25) is 0 Å². The number of β-amino-alcohol motifs (C(OH)–C–C–N with tert-alkyl or cyclic N) is 1. The Labute approximate surface area is 188 Å². The number of carboxylic acid groups (broad SMARTS) is 1. The van der Waals surface area contributed by atoms with Gasteiger partial charge in [-0.2, -0.15) is 0 Å². The van der Waals surface area contributed by atoms with Crippen molar-refractivity contribution < 1.29 is 24.9 Å². The van der Waals surface area contributed by atoms with Gasteiger partial charge in [0, 0.05) is 35.7 Å². The molecule has 0 aliphatic carbocycles. The smallest absolute Gasteiger partial charge is 0.353 e. The summed E-state index contributed by atoms with van der Waals surface area (Å²) in [5, 5.41) is 29.2. The fourth-order valence-electron chi connectivity index (χ4n) is 5.82. The van der Waals surface area contributed by atoms with Crippen LogP contribution in [0, 0.1) is 17.8 Å². The van der Waals surface area contributed by atoms with E-state index in [1.54, 1.807) is 18.7 Å². The first-order valence-electron chi connectivity index (χ1n) is 11.5. The number of hydrogen-bond acceptors (Lipinski definition) is 7. The number of aliphatic hydroxyl groups is 2. The van der Waals surface area contributed by atoms with Gasteiger partial charge in [0.25, 0.3) is 0 Å². The number of piperidine rings is 1. The third-order valence-corrected chi connectivity index (χ3v) is 9.01. The first kappa shape index (κ1) is 23.0. The highest BCUT2D eigenvalue weighted by molar-refractivity contribution is 8.03. The number of aliphatic carboxylic acids is 1. The van der Waals surface area contributed by atoms with Gasteiger partial charge in [0.15, 0.2) is 0 Å². The molecule has 3 N–H and O–H groups in total. The topological polar surface area (TPSA) is 105 Å². The maximum absolute atomic E-state index is 12.5. The monoisotopic (exact) mass is 453 g/mol. The number of rotatable bonds is 8. The average Bonchev–Trinajstić information content (AvgIpc) is 3.25. The van der Waals surface area contributed by atoms with Crippen molar-refractivity contribution in [2.75, 3.05) is 45.9 Å². The number of carboxylic acids is 1. The van der Waals surface area contributed by atoms with Crippen LogP contribution in [-0.4, -0.2) is 105 Å². The van der Waals surface area contributed by atoms with E-state index in [0.717, 1.165) is 50.6 Å². The van der Waals surface area contributed by atoms with Crippen LogP contribution in [0.25, 0.3) is 0 Å². The molecule has 0 spiro atoms. The lowest BCUT2D eigenvalue weighted by molar-refractivity contribution is -0.163. The zero-order valence-electron chi connectivity index (χ0n) is 18.4. The molecule has 5 atom stereocenters. The number of fused-ring (bicyclic) bond motifs is 1. The minimum Gasteiger partial charge on any atom is -0.477 e. The number of likely N-dealkylation sites (tertiary alicyclic amines) is 2. The molecule has 0 bridgehead atoms. The number of nitrogens with zero attached hydrogens (tertiary/aromatic N) is 3. The zero-order chi connectivity index (χ0) is 22.3. The summed E-state index contributed by atoms with van der Waals surface area (Å²) in [6.45, 7) is 9.77. The zero-order valence-corrected chi connectivity index (χ0v) is 19.3. The van der Waals surface area contributed by atoms with E-state index in [9.17, 15) is 19.8 Å². The molecule has 0 saturated carbocycles. The molecular weight excluding hydrogens is 418 g/mol. The molecule has 0 aromatic heterocycles.